The Bertz CT molecular complexity index is 894. The molecule has 1 aliphatic carbocycles. The first-order valence-corrected chi connectivity index (χ1v) is 11.7. The summed E-state index contributed by atoms with van der Waals surface area (Å²) < 4.78 is 5.47. The molecule has 2 aromatic heterocycles. The van der Waals surface area contributed by atoms with Gasteiger partial charge in [-0.25, -0.2) is 4.98 Å². The van der Waals surface area contributed by atoms with Crippen LogP contribution in [0.5, 0.6) is 0 Å². The third-order valence-corrected chi connectivity index (χ3v) is 6.95. The van der Waals surface area contributed by atoms with Crippen molar-refractivity contribution in [2.75, 3.05) is 25.1 Å². The Morgan fingerprint density at radius 1 is 1.16 bits per heavy atom. The maximum Gasteiger partial charge on any atom is 0.148 e. The summed E-state index contributed by atoms with van der Waals surface area (Å²) >= 11 is 6.54. The lowest BCUT2D eigenvalue weighted by Crippen LogP contribution is -2.44. The summed E-state index contributed by atoms with van der Waals surface area (Å²) in [6.07, 6.45) is 9.88. The SMILES string of the molecule is CCc1ncc(-c2cc(C3(N)CCC(N)CC3)ncc2Cl)nc1NCC1CCOCC1. The Labute approximate surface area is 189 Å². The van der Waals surface area contributed by atoms with E-state index in [0.717, 1.165) is 93.2 Å². The van der Waals surface area contributed by atoms with Gasteiger partial charge in [0.1, 0.15) is 5.82 Å². The highest BCUT2D eigenvalue weighted by Crippen LogP contribution is 2.36. The van der Waals surface area contributed by atoms with E-state index in [9.17, 15) is 0 Å². The van der Waals surface area contributed by atoms with E-state index >= 15 is 0 Å². The Hall–Kier alpha value is -1.80. The van der Waals surface area contributed by atoms with Crippen LogP contribution in [-0.4, -0.2) is 40.8 Å². The molecule has 7 nitrogen and oxygen atoms in total. The van der Waals surface area contributed by atoms with E-state index in [1.165, 1.54) is 0 Å². The smallest absolute Gasteiger partial charge is 0.148 e. The fourth-order valence-electron chi connectivity index (χ4n) is 4.45. The topological polar surface area (TPSA) is 112 Å². The number of aryl methyl sites for hydroxylation is 1. The lowest BCUT2D eigenvalue weighted by Gasteiger charge is -2.35. The minimum atomic E-state index is -0.476. The molecule has 168 valence electrons. The molecule has 2 aliphatic rings. The van der Waals surface area contributed by atoms with Gasteiger partial charge in [-0.1, -0.05) is 18.5 Å². The monoisotopic (exact) mass is 444 g/mol. The number of aromatic nitrogens is 3. The molecule has 8 heteroatoms. The second kappa shape index (κ2) is 9.77. The summed E-state index contributed by atoms with van der Waals surface area (Å²) in [5, 5.41) is 4.08. The number of rotatable bonds is 6. The summed E-state index contributed by atoms with van der Waals surface area (Å²) in [7, 11) is 0. The zero-order valence-corrected chi connectivity index (χ0v) is 19.0. The van der Waals surface area contributed by atoms with Crippen molar-refractivity contribution >= 4 is 17.4 Å². The largest absolute Gasteiger partial charge is 0.381 e. The van der Waals surface area contributed by atoms with Crippen LogP contribution >= 0.6 is 11.6 Å². The molecule has 31 heavy (non-hydrogen) atoms. The van der Waals surface area contributed by atoms with Crippen LogP contribution in [0.1, 0.15) is 56.8 Å². The molecule has 0 spiro atoms. The van der Waals surface area contributed by atoms with Crippen molar-refractivity contribution in [1.29, 1.82) is 0 Å². The summed E-state index contributed by atoms with van der Waals surface area (Å²) in [4.78, 5) is 14.1. The average molecular weight is 445 g/mol. The Kier molecular flexibility index (Phi) is 7.06. The number of pyridine rings is 1. The molecule has 1 saturated heterocycles. The first-order chi connectivity index (χ1) is 15.0. The van der Waals surface area contributed by atoms with Crippen molar-refractivity contribution in [3.8, 4) is 11.3 Å². The zero-order valence-electron chi connectivity index (χ0n) is 18.2. The van der Waals surface area contributed by atoms with Gasteiger partial charge in [-0.05, 0) is 56.9 Å². The number of nitrogens with one attached hydrogen (secondary N) is 1. The quantitative estimate of drug-likeness (QED) is 0.623. The highest BCUT2D eigenvalue weighted by Gasteiger charge is 2.34. The number of halogens is 1. The lowest BCUT2D eigenvalue weighted by molar-refractivity contribution is 0.0699. The molecule has 0 atom stereocenters. The van der Waals surface area contributed by atoms with Gasteiger partial charge in [-0.15, -0.1) is 0 Å². The molecular formula is C23H33ClN6O. The normalized spacial score (nSPS) is 24.8. The van der Waals surface area contributed by atoms with Crippen LogP contribution in [0, 0.1) is 5.92 Å². The fraction of sp³-hybridized carbons (Fsp3) is 0.609. The van der Waals surface area contributed by atoms with Crippen LogP contribution in [0.2, 0.25) is 5.02 Å². The molecule has 0 aromatic carbocycles. The van der Waals surface area contributed by atoms with Crippen molar-refractivity contribution in [2.45, 2.75) is 63.5 Å². The molecule has 4 rings (SSSR count). The highest BCUT2D eigenvalue weighted by atomic mass is 35.5. The number of nitrogens with two attached hydrogens (primary N) is 2. The van der Waals surface area contributed by atoms with E-state index in [1.807, 2.05) is 6.07 Å². The van der Waals surface area contributed by atoms with Gasteiger partial charge < -0.3 is 21.5 Å². The second-order valence-electron chi connectivity index (χ2n) is 8.88. The summed E-state index contributed by atoms with van der Waals surface area (Å²) in [6.45, 7) is 4.63. The maximum absolute atomic E-state index is 6.73. The highest BCUT2D eigenvalue weighted by molar-refractivity contribution is 6.33. The Morgan fingerprint density at radius 3 is 2.61 bits per heavy atom. The average Bonchev–Trinajstić information content (AvgIpc) is 2.80. The van der Waals surface area contributed by atoms with Gasteiger partial charge in [0.05, 0.1) is 33.8 Å². The van der Waals surface area contributed by atoms with Crippen LogP contribution in [0.15, 0.2) is 18.5 Å². The molecule has 0 bridgehead atoms. The van der Waals surface area contributed by atoms with E-state index in [4.69, 9.17) is 32.8 Å². The van der Waals surface area contributed by atoms with Crippen LogP contribution in [0.3, 0.4) is 0 Å². The van der Waals surface area contributed by atoms with Gasteiger partial charge in [-0.2, -0.15) is 0 Å². The molecule has 0 radical (unpaired) electrons. The molecule has 1 saturated carbocycles. The third kappa shape index (κ3) is 5.17. The van der Waals surface area contributed by atoms with Gasteiger partial charge in [-0.3, -0.25) is 9.97 Å². The first-order valence-electron chi connectivity index (χ1n) is 11.4. The fourth-order valence-corrected chi connectivity index (χ4v) is 4.65. The molecule has 3 heterocycles. The summed E-state index contributed by atoms with van der Waals surface area (Å²) in [5.74, 6) is 1.42. The number of anilines is 1. The number of hydrogen-bond donors (Lipinski definition) is 3. The summed E-state index contributed by atoms with van der Waals surface area (Å²) in [6, 6.07) is 2.21. The zero-order chi connectivity index (χ0) is 21.8. The first kappa shape index (κ1) is 22.4. The maximum atomic E-state index is 6.73. The van der Waals surface area contributed by atoms with E-state index in [0.29, 0.717) is 10.9 Å². The summed E-state index contributed by atoms with van der Waals surface area (Å²) in [5.41, 5.74) is 15.7. The van der Waals surface area contributed by atoms with Crippen molar-refractivity contribution in [2.24, 2.45) is 17.4 Å². The molecule has 0 unspecified atom stereocenters. The van der Waals surface area contributed by atoms with E-state index < -0.39 is 5.54 Å². The number of nitrogens with zero attached hydrogens (tertiary/aromatic N) is 3. The number of ether oxygens (including phenoxy) is 1. The molecule has 2 fully saturated rings. The van der Waals surface area contributed by atoms with Crippen molar-refractivity contribution in [3.05, 3.63) is 34.9 Å². The van der Waals surface area contributed by atoms with Gasteiger partial charge in [0, 0.05) is 37.6 Å². The standard InChI is InChI=1S/C23H33ClN6O/c1-2-19-22(29-12-15-5-9-31-10-6-15)30-20(14-27-19)17-11-21(28-13-18(17)24)23(26)7-3-16(25)4-8-23/h11,13-16H,2-10,12,25-26H2,1H3,(H,29,30). The van der Waals surface area contributed by atoms with Crippen molar-refractivity contribution < 1.29 is 4.74 Å². The van der Waals surface area contributed by atoms with Gasteiger partial charge in [0.25, 0.3) is 0 Å². The van der Waals surface area contributed by atoms with Crippen molar-refractivity contribution in [3.63, 3.8) is 0 Å². The van der Waals surface area contributed by atoms with E-state index in [2.05, 4.69) is 22.2 Å². The van der Waals surface area contributed by atoms with Crippen LogP contribution < -0.4 is 16.8 Å². The Balaban J connectivity index is 1.59. The van der Waals surface area contributed by atoms with Crippen LogP contribution in [0.4, 0.5) is 5.82 Å². The molecule has 1 aliphatic heterocycles. The predicted molar refractivity (Wildman–Crippen MR) is 124 cm³/mol. The number of hydrogen-bond acceptors (Lipinski definition) is 7. The van der Waals surface area contributed by atoms with E-state index in [1.54, 1.807) is 12.4 Å². The molecule has 2 aromatic rings. The van der Waals surface area contributed by atoms with Crippen LogP contribution in [-0.2, 0) is 16.7 Å². The molecular weight excluding hydrogens is 412 g/mol. The van der Waals surface area contributed by atoms with Gasteiger partial charge >= 0.3 is 0 Å². The van der Waals surface area contributed by atoms with Crippen molar-refractivity contribution in [1.82, 2.24) is 15.0 Å². The van der Waals surface area contributed by atoms with Gasteiger partial charge in [0.2, 0.25) is 0 Å². The predicted octanol–water partition coefficient (Wildman–Crippen LogP) is 3.65. The molecule has 0 amide bonds. The minimum absolute atomic E-state index is 0.222. The Morgan fingerprint density at radius 2 is 1.90 bits per heavy atom. The van der Waals surface area contributed by atoms with Gasteiger partial charge in [0.15, 0.2) is 0 Å². The second-order valence-corrected chi connectivity index (χ2v) is 9.29. The minimum Gasteiger partial charge on any atom is -0.381 e. The molecule has 5 N–H and O–H groups in total. The third-order valence-electron chi connectivity index (χ3n) is 6.65. The lowest BCUT2D eigenvalue weighted by atomic mass is 9.78. The van der Waals surface area contributed by atoms with Crippen LogP contribution in [0.25, 0.3) is 11.3 Å². The van der Waals surface area contributed by atoms with E-state index in [-0.39, 0.29) is 6.04 Å².